The van der Waals surface area contributed by atoms with E-state index in [1.807, 2.05) is 0 Å². The molecule has 270 valence electrons. The SMILES string of the molecule is c1ccc(-c2cc(-c3ccc(-c4cccc(-c5c6ccc7ccccc7c6nc6c5ccc5ccccc56)c4)cc3)cc(-c3ccccc3)c2-c2ccccc2)cc1. The lowest BCUT2D eigenvalue weighted by atomic mass is 9.84. The Hall–Kier alpha value is -7.61. The summed E-state index contributed by atoms with van der Waals surface area (Å²) in [6, 6.07) is 81.4. The van der Waals surface area contributed by atoms with Crippen molar-refractivity contribution in [1.82, 2.24) is 4.98 Å². The number of nitrogens with zero attached hydrogens (tertiary/aromatic N) is 1. The third-order valence-corrected chi connectivity index (χ3v) is 11.6. The first-order chi connectivity index (χ1) is 28.8. The topological polar surface area (TPSA) is 12.9 Å². The highest BCUT2D eigenvalue weighted by Crippen LogP contribution is 2.44. The molecule has 11 rings (SSSR count). The third kappa shape index (κ3) is 5.84. The number of rotatable bonds is 6. The van der Waals surface area contributed by atoms with E-state index in [0.717, 1.165) is 21.8 Å². The minimum absolute atomic E-state index is 1.04. The smallest absolute Gasteiger partial charge is 0.0794 e. The maximum absolute atomic E-state index is 5.41. The summed E-state index contributed by atoms with van der Waals surface area (Å²) in [7, 11) is 0. The van der Waals surface area contributed by atoms with E-state index in [1.165, 1.54) is 88.3 Å². The van der Waals surface area contributed by atoms with Crippen LogP contribution in [0.1, 0.15) is 0 Å². The molecule has 0 unspecified atom stereocenters. The van der Waals surface area contributed by atoms with Gasteiger partial charge in [0, 0.05) is 27.1 Å². The molecule has 10 aromatic carbocycles. The third-order valence-electron chi connectivity index (χ3n) is 11.6. The van der Waals surface area contributed by atoms with Gasteiger partial charge in [0.1, 0.15) is 0 Å². The Bertz CT molecular complexity index is 3140. The van der Waals surface area contributed by atoms with Crippen molar-refractivity contribution in [1.29, 1.82) is 0 Å². The van der Waals surface area contributed by atoms with E-state index in [0.29, 0.717) is 0 Å². The highest BCUT2D eigenvalue weighted by atomic mass is 14.7. The summed E-state index contributed by atoms with van der Waals surface area (Å²) in [5, 5.41) is 7.07. The molecule has 0 saturated heterocycles. The molecular weight excluding hydrogens is 699 g/mol. The van der Waals surface area contributed by atoms with E-state index >= 15 is 0 Å². The first kappa shape index (κ1) is 33.7. The monoisotopic (exact) mass is 735 g/mol. The predicted molar refractivity (Wildman–Crippen MR) is 247 cm³/mol. The van der Waals surface area contributed by atoms with Crippen LogP contribution in [0.3, 0.4) is 0 Å². The van der Waals surface area contributed by atoms with Crippen LogP contribution < -0.4 is 0 Å². The average molecular weight is 736 g/mol. The van der Waals surface area contributed by atoms with E-state index in [9.17, 15) is 0 Å². The predicted octanol–water partition coefficient (Wildman–Crippen LogP) is 15.7. The lowest BCUT2D eigenvalue weighted by Gasteiger charge is -2.19. The second-order valence-corrected chi connectivity index (χ2v) is 15.1. The van der Waals surface area contributed by atoms with Gasteiger partial charge in [0.2, 0.25) is 0 Å². The molecule has 58 heavy (non-hydrogen) atoms. The quantitative estimate of drug-likeness (QED) is 0.122. The normalized spacial score (nSPS) is 11.4. The Morgan fingerprint density at radius 1 is 0.224 bits per heavy atom. The molecule has 1 heterocycles. The van der Waals surface area contributed by atoms with Crippen LogP contribution in [0.2, 0.25) is 0 Å². The van der Waals surface area contributed by atoms with E-state index in [2.05, 4.69) is 224 Å². The van der Waals surface area contributed by atoms with Gasteiger partial charge in [0.15, 0.2) is 0 Å². The Morgan fingerprint density at radius 3 is 1.19 bits per heavy atom. The summed E-state index contributed by atoms with van der Waals surface area (Å²) < 4.78 is 0. The summed E-state index contributed by atoms with van der Waals surface area (Å²) in [5.74, 6) is 0. The summed E-state index contributed by atoms with van der Waals surface area (Å²) in [6.07, 6.45) is 0. The lowest BCUT2D eigenvalue weighted by Crippen LogP contribution is -1.93. The second kappa shape index (κ2) is 14.2. The molecule has 0 radical (unpaired) electrons. The van der Waals surface area contributed by atoms with Crippen LogP contribution >= 0.6 is 0 Å². The fourth-order valence-corrected chi connectivity index (χ4v) is 8.85. The van der Waals surface area contributed by atoms with Crippen molar-refractivity contribution in [2.24, 2.45) is 0 Å². The molecule has 1 heteroatoms. The van der Waals surface area contributed by atoms with Crippen molar-refractivity contribution < 1.29 is 0 Å². The highest BCUT2D eigenvalue weighted by molar-refractivity contribution is 6.21. The van der Waals surface area contributed by atoms with Crippen LogP contribution in [-0.4, -0.2) is 4.98 Å². The van der Waals surface area contributed by atoms with Gasteiger partial charge in [-0.2, -0.15) is 0 Å². The minimum Gasteiger partial charge on any atom is -0.246 e. The number of fused-ring (bicyclic) bond motifs is 6. The van der Waals surface area contributed by atoms with Crippen molar-refractivity contribution in [3.8, 4) is 66.8 Å². The maximum Gasteiger partial charge on any atom is 0.0794 e. The van der Waals surface area contributed by atoms with Gasteiger partial charge < -0.3 is 0 Å². The second-order valence-electron chi connectivity index (χ2n) is 15.1. The summed E-state index contributed by atoms with van der Waals surface area (Å²) in [4.78, 5) is 5.41. The first-order valence-electron chi connectivity index (χ1n) is 20.0. The number of aromatic nitrogens is 1. The Balaban J connectivity index is 1.06. The van der Waals surface area contributed by atoms with E-state index < -0.39 is 0 Å². The van der Waals surface area contributed by atoms with Gasteiger partial charge >= 0.3 is 0 Å². The highest BCUT2D eigenvalue weighted by Gasteiger charge is 2.18. The standard InChI is InChI=1S/C57H37N/c1-4-15-40(16-5-1)52-36-47(37-53(41-17-6-2-7-18-41)54(52)44-21-8-3-9-22-44)39-29-27-38(28-30-39)45-23-14-24-46(35-45)55-50-33-31-42-19-10-12-25-48(42)56(50)58-57-49-26-13-11-20-43(49)32-34-51(55)57/h1-37H. The Kier molecular flexibility index (Phi) is 8.23. The van der Waals surface area contributed by atoms with Gasteiger partial charge in [-0.25, -0.2) is 4.98 Å². The van der Waals surface area contributed by atoms with Gasteiger partial charge in [0.05, 0.1) is 11.0 Å². The van der Waals surface area contributed by atoms with Crippen molar-refractivity contribution >= 4 is 43.4 Å². The molecular formula is C57H37N. The fourth-order valence-electron chi connectivity index (χ4n) is 8.85. The van der Waals surface area contributed by atoms with Gasteiger partial charge in [-0.05, 0) is 90.2 Å². The van der Waals surface area contributed by atoms with Crippen LogP contribution in [0.15, 0.2) is 224 Å². The Morgan fingerprint density at radius 2 is 0.655 bits per heavy atom. The van der Waals surface area contributed by atoms with Gasteiger partial charge in [-0.1, -0.05) is 206 Å². The molecule has 0 N–H and O–H groups in total. The number of benzene rings is 10. The van der Waals surface area contributed by atoms with E-state index in [1.54, 1.807) is 0 Å². The summed E-state index contributed by atoms with van der Waals surface area (Å²) >= 11 is 0. The van der Waals surface area contributed by atoms with E-state index in [4.69, 9.17) is 4.98 Å². The molecule has 0 fully saturated rings. The molecule has 0 amide bonds. The number of hydrogen-bond acceptors (Lipinski definition) is 1. The van der Waals surface area contributed by atoms with Crippen LogP contribution in [-0.2, 0) is 0 Å². The van der Waals surface area contributed by atoms with Crippen molar-refractivity contribution in [3.63, 3.8) is 0 Å². The van der Waals surface area contributed by atoms with Crippen molar-refractivity contribution in [2.75, 3.05) is 0 Å². The minimum atomic E-state index is 1.04. The summed E-state index contributed by atoms with van der Waals surface area (Å²) in [6.45, 7) is 0. The maximum atomic E-state index is 5.41. The van der Waals surface area contributed by atoms with Gasteiger partial charge in [-0.3, -0.25) is 0 Å². The zero-order chi connectivity index (χ0) is 38.4. The molecule has 0 atom stereocenters. The molecule has 0 aliphatic rings. The van der Waals surface area contributed by atoms with Crippen LogP contribution in [0.5, 0.6) is 0 Å². The zero-order valence-electron chi connectivity index (χ0n) is 31.8. The number of pyridine rings is 1. The molecule has 0 saturated carbocycles. The van der Waals surface area contributed by atoms with Gasteiger partial charge in [-0.15, -0.1) is 0 Å². The van der Waals surface area contributed by atoms with Crippen LogP contribution in [0.25, 0.3) is 110 Å². The van der Waals surface area contributed by atoms with Crippen molar-refractivity contribution in [2.45, 2.75) is 0 Å². The lowest BCUT2D eigenvalue weighted by molar-refractivity contribution is 1.52. The first-order valence-corrected chi connectivity index (χ1v) is 20.0. The number of hydrogen-bond donors (Lipinski definition) is 0. The molecule has 0 aliphatic carbocycles. The molecule has 0 bridgehead atoms. The molecule has 11 aromatic rings. The average Bonchev–Trinajstić information content (AvgIpc) is 3.31. The van der Waals surface area contributed by atoms with Crippen LogP contribution in [0.4, 0.5) is 0 Å². The molecule has 0 spiro atoms. The van der Waals surface area contributed by atoms with Gasteiger partial charge in [0.25, 0.3) is 0 Å². The largest absolute Gasteiger partial charge is 0.246 e. The Labute approximate surface area is 338 Å². The van der Waals surface area contributed by atoms with E-state index in [-0.39, 0.29) is 0 Å². The fraction of sp³-hybridized carbons (Fsp3) is 0. The summed E-state index contributed by atoms with van der Waals surface area (Å²) in [5.41, 5.74) is 16.5. The molecule has 1 nitrogen and oxygen atoms in total. The zero-order valence-corrected chi connectivity index (χ0v) is 31.8. The molecule has 1 aromatic heterocycles. The van der Waals surface area contributed by atoms with Crippen molar-refractivity contribution in [3.05, 3.63) is 224 Å². The van der Waals surface area contributed by atoms with Crippen LogP contribution in [0, 0.1) is 0 Å². The molecule has 0 aliphatic heterocycles.